The second kappa shape index (κ2) is 7.60. The van der Waals surface area contributed by atoms with Crippen molar-refractivity contribution >= 4 is 24.6 Å². The van der Waals surface area contributed by atoms with Crippen molar-refractivity contribution in [3.05, 3.63) is 35.9 Å². The molecule has 1 unspecified atom stereocenters. The van der Waals surface area contributed by atoms with Crippen molar-refractivity contribution in [3.8, 4) is 0 Å². The van der Waals surface area contributed by atoms with Gasteiger partial charge in [-0.1, -0.05) is 30.3 Å². The van der Waals surface area contributed by atoms with E-state index in [9.17, 15) is 9.59 Å². The van der Waals surface area contributed by atoms with E-state index in [1.807, 2.05) is 30.3 Å². The summed E-state index contributed by atoms with van der Waals surface area (Å²) in [7, 11) is 0. The van der Waals surface area contributed by atoms with Crippen molar-refractivity contribution in [1.82, 2.24) is 10.6 Å². The van der Waals surface area contributed by atoms with Gasteiger partial charge in [-0.15, -0.1) is 0 Å². The molecule has 0 aliphatic heterocycles. The van der Waals surface area contributed by atoms with Gasteiger partial charge < -0.3 is 15.7 Å². The maximum atomic E-state index is 11.4. The number of hydrogen-bond donors (Lipinski definition) is 4. The van der Waals surface area contributed by atoms with Crippen molar-refractivity contribution < 1.29 is 14.7 Å². The molecule has 0 radical (unpaired) electrons. The molecular weight excluding hydrogens is 252 g/mol. The van der Waals surface area contributed by atoms with E-state index < -0.39 is 18.5 Å². The Hall–Kier alpha value is -1.69. The first-order valence-corrected chi connectivity index (χ1v) is 6.16. The molecule has 0 aliphatic carbocycles. The van der Waals surface area contributed by atoms with E-state index in [2.05, 4.69) is 23.3 Å². The summed E-state index contributed by atoms with van der Waals surface area (Å²) in [5.74, 6) is -0.592. The van der Waals surface area contributed by atoms with Crippen LogP contribution in [0.1, 0.15) is 5.56 Å². The largest absolute Gasteiger partial charge is 0.480 e. The van der Waals surface area contributed by atoms with Crippen LogP contribution >= 0.6 is 12.6 Å². The summed E-state index contributed by atoms with van der Waals surface area (Å²) in [6, 6.07) is 9.08. The zero-order valence-electron chi connectivity index (χ0n) is 9.80. The predicted molar refractivity (Wildman–Crippen MR) is 72.0 cm³/mol. The number of carbonyl (C=O) groups excluding carboxylic acids is 1. The van der Waals surface area contributed by atoms with Gasteiger partial charge in [-0.05, 0) is 12.0 Å². The van der Waals surface area contributed by atoms with Crippen molar-refractivity contribution in [1.29, 1.82) is 0 Å². The summed E-state index contributed by atoms with van der Waals surface area (Å²) in [6.45, 7) is -0.392. The van der Waals surface area contributed by atoms with Crippen LogP contribution in [-0.4, -0.2) is 35.4 Å². The maximum Gasteiger partial charge on any atom is 0.323 e. The summed E-state index contributed by atoms with van der Waals surface area (Å²) in [5.41, 5.74) is 1.09. The average molecular weight is 268 g/mol. The predicted octanol–water partition coefficient (Wildman–Crippen LogP) is 0.911. The molecule has 0 aliphatic rings. The van der Waals surface area contributed by atoms with E-state index >= 15 is 0 Å². The quantitative estimate of drug-likeness (QED) is 0.579. The second-order valence-corrected chi connectivity index (χ2v) is 4.16. The Labute approximate surface area is 111 Å². The van der Waals surface area contributed by atoms with Crippen molar-refractivity contribution in [2.24, 2.45) is 0 Å². The number of amides is 2. The van der Waals surface area contributed by atoms with Gasteiger partial charge in [0.15, 0.2) is 0 Å². The molecule has 0 spiro atoms. The molecule has 0 aromatic heterocycles. The van der Waals surface area contributed by atoms with Gasteiger partial charge in [-0.3, -0.25) is 4.79 Å². The molecule has 3 N–H and O–H groups in total. The normalized spacial score (nSPS) is 11.6. The van der Waals surface area contributed by atoms with Gasteiger partial charge in [0.1, 0.15) is 6.54 Å². The first kappa shape index (κ1) is 14.4. The molecule has 1 rings (SSSR count). The highest BCUT2D eigenvalue weighted by Gasteiger charge is 2.11. The summed E-state index contributed by atoms with van der Waals surface area (Å²) < 4.78 is 0. The Balaban J connectivity index is 2.42. The first-order chi connectivity index (χ1) is 8.61. The lowest BCUT2D eigenvalue weighted by molar-refractivity contribution is -0.135. The van der Waals surface area contributed by atoms with Gasteiger partial charge in [-0.2, -0.15) is 12.6 Å². The number of benzene rings is 1. The molecule has 2 amide bonds. The topological polar surface area (TPSA) is 78.4 Å². The summed E-state index contributed by atoms with van der Waals surface area (Å²) in [6.07, 6.45) is 0.658. The van der Waals surface area contributed by atoms with Crippen LogP contribution in [0.5, 0.6) is 0 Å². The summed E-state index contributed by atoms with van der Waals surface area (Å²) in [4.78, 5) is 21.7. The number of carboxylic acid groups (broad SMARTS) is 1. The monoisotopic (exact) mass is 268 g/mol. The second-order valence-electron chi connectivity index (χ2n) is 3.79. The lowest BCUT2D eigenvalue weighted by Crippen LogP contribution is -2.45. The number of carbonyl (C=O) groups is 2. The Kier molecular flexibility index (Phi) is 6.07. The van der Waals surface area contributed by atoms with Crippen LogP contribution in [0.2, 0.25) is 0 Å². The lowest BCUT2D eigenvalue weighted by Gasteiger charge is -2.16. The highest BCUT2D eigenvalue weighted by Crippen LogP contribution is 2.04. The Morgan fingerprint density at radius 1 is 1.28 bits per heavy atom. The van der Waals surface area contributed by atoms with Gasteiger partial charge in [0.2, 0.25) is 0 Å². The highest BCUT2D eigenvalue weighted by molar-refractivity contribution is 7.80. The summed E-state index contributed by atoms with van der Waals surface area (Å²) in [5, 5.41) is 13.4. The third-order valence-electron chi connectivity index (χ3n) is 2.28. The molecule has 0 bridgehead atoms. The third kappa shape index (κ3) is 5.58. The Bertz CT molecular complexity index is 398. The van der Waals surface area contributed by atoms with E-state index in [-0.39, 0.29) is 6.04 Å². The molecule has 1 aromatic carbocycles. The van der Waals surface area contributed by atoms with Crippen molar-refractivity contribution in [2.75, 3.05) is 12.3 Å². The number of urea groups is 1. The molecular formula is C12H16N2O3S. The van der Waals surface area contributed by atoms with Gasteiger partial charge in [0.25, 0.3) is 0 Å². The Morgan fingerprint density at radius 3 is 2.50 bits per heavy atom. The van der Waals surface area contributed by atoms with Gasteiger partial charge in [0.05, 0.1) is 0 Å². The number of carboxylic acids is 1. The molecule has 6 heteroatoms. The van der Waals surface area contributed by atoms with Crippen LogP contribution in [0, 0.1) is 0 Å². The summed E-state index contributed by atoms with van der Waals surface area (Å²) >= 11 is 4.17. The van der Waals surface area contributed by atoms with Gasteiger partial charge in [0, 0.05) is 11.8 Å². The smallest absolute Gasteiger partial charge is 0.323 e. The Morgan fingerprint density at radius 2 is 1.94 bits per heavy atom. The zero-order valence-corrected chi connectivity index (χ0v) is 10.7. The number of thiol groups is 1. The number of nitrogens with one attached hydrogen (secondary N) is 2. The molecule has 0 saturated heterocycles. The highest BCUT2D eigenvalue weighted by atomic mass is 32.1. The molecule has 0 heterocycles. The molecule has 5 nitrogen and oxygen atoms in total. The fourth-order valence-electron chi connectivity index (χ4n) is 1.45. The zero-order chi connectivity index (χ0) is 13.4. The van der Waals surface area contributed by atoms with Crippen LogP contribution in [0.25, 0.3) is 0 Å². The fraction of sp³-hybridized carbons (Fsp3) is 0.333. The minimum atomic E-state index is -1.07. The number of hydrogen-bond acceptors (Lipinski definition) is 3. The molecule has 0 fully saturated rings. The molecule has 1 aromatic rings. The van der Waals surface area contributed by atoms with Gasteiger partial charge >= 0.3 is 12.0 Å². The van der Waals surface area contributed by atoms with E-state index in [0.717, 1.165) is 5.56 Å². The maximum absolute atomic E-state index is 11.4. The van der Waals surface area contributed by atoms with Crippen LogP contribution < -0.4 is 10.6 Å². The average Bonchev–Trinajstić information content (AvgIpc) is 2.37. The minimum absolute atomic E-state index is 0.135. The minimum Gasteiger partial charge on any atom is -0.480 e. The van der Waals surface area contributed by atoms with E-state index in [1.165, 1.54) is 0 Å². The third-order valence-corrected chi connectivity index (χ3v) is 2.72. The van der Waals surface area contributed by atoms with Crippen LogP contribution in [0.15, 0.2) is 30.3 Å². The van der Waals surface area contributed by atoms with E-state index in [4.69, 9.17) is 5.11 Å². The number of aliphatic carboxylic acids is 1. The standard InChI is InChI=1S/C12H16N2O3S/c15-11(16)7-13-12(17)14-10(8-18)6-9-4-2-1-3-5-9/h1-5,10,18H,6-8H2,(H,15,16)(H2,13,14,17). The molecule has 98 valence electrons. The first-order valence-electron chi connectivity index (χ1n) is 5.52. The molecule has 18 heavy (non-hydrogen) atoms. The molecule has 1 atom stereocenters. The molecule has 0 saturated carbocycles. The number of rotatable bonds is 6. The van der Waals surface area contributed by atoms with Crippen LogP contribution in [-0.2, 0) is 11.2 Å². The van der Waals surface area contributed by atoms with Gasteiger partial charge in [-0.25, -0.2) is 4.79 Å². The van der Waals surface area contributed by atoms with Crippen LogP contribution in [0.3, 0.4) is 0 Å². The van der Waals surface area contributed by atoms with E-state index in [0.29, 0.717) is 12.2 Å². The van der Waals surface area contributed by atoms with E-state index in [1.54, 1.807) is 0 Å². The lowest BCUT2D eigenvalue weighted by atomic mass is 10.1. The van der Waals surface area contributed by atoms with Crippen molar-refractivity contribution in [3.63, 3.8) is 0 Å². The fourth-order valence-corrected chi connectivity index (χ4v) is 1.67. The van der Waals surface area contributed by atoms with Crippen LogP contribution in [0.4, 0.5) is 4.79 Å². The SMILES string of the molecule is O=C(O)CNC(=O)NC(CS)Cc1ccccc1. The van der Waals surface area contributed by atoms with Crippen molar-refractivity contribution in [2.45, 2.75) is 12.5 Å².